The van der Waals surface area contributed by atoms with Crippen LogP contribution in [0.25, 0.3) is 0 Å². The Bertz CT molecular complexity index is 280. The van der Waals surface area contributed by atoms with Crippen molar-refractivity contribution in [3.63, 3.8) is 0 Å². The molecule has 3 atom stereocenters. The second-order valence-electron chi connectivity index (χ2n) is 3.88. The van der Waals surface area contributed by atoms with Crippen molar-refractivity contribution in [3.8, 4) is 6.07 Å². The van der Waals surface area contributed by atoms with Gasteiger partial charge < -0.3 is 11.5 Å². The molecule has 0 aromatic heterocycles. The molecule has 4 N–H and O–H groups in total. The lowest BCUT2D eigenvalue weighted by Crippen LogP contribution is -2.27. The maximum absolute atomic E-state index is 13.1. The van der Waals surface area contributed by atoms with Crippen LogP contribution in [0.2, 0.25) is 0 Å². The molecule has 0 amide bonds. The second-order valence-corrected chi connectivity index (χ2v) is 3.88. The highest BCUT2D eigenvalue weighted by molar-refractivity contribution is 5.29. The van der Waals surface area contributed by atoms with Crippen LogP contribution >= 0.6 is 0 Å². The van der Waals surface area contributed by atoms with Crippen molar-refractivity contribution >= 4 is 0 Å². The molecule has 90 valence electrons. The zero-order valence-electron chi connectivity index (χ0n) is 9.70. The lowest BCUT2D eigenvalue weighted by molar-refractivity contribution is 0.234. The Morgan fingerprint density at radius 1 is 1.56 bits per heavy atom. The van der Waals surface area contributed by atoms with Gasteiger partial charge in [0.05, 0.1) is 6.07 Å². The average molecular weight is 225 g/mol. The van der Waals surface area contributed by atoms with E-state index in [0.717, 1.165) is 0 Å². The van der Waals surface area contributed by atoms with Crippen molar-refractivity contribution in [2.75, 3.05) is 6.54 Å². The third-order valence-corrected chi connectivity index (χ3v) is 2.60. The molecule has 0 saturated heterocycles. The van der Waals surface area contributed by atoms with Gasteiger partial charge in [0.1, 0.15) is 6.17 Å². The van der Waals surface area contributed by atoms with E-state index in [9.17, 15) is 4.39 Å². The first-order chi connectivity index (χ1) is 7.56. The standard InChI is InChI=1S/C12H20FN3/c1-3-4-10(7-14)12(16)6-5-9(2)11(13)8-15/h3-4,9,11-12H,1,5-6,8,15-16H2,2H3/b10-4-. The maximum atomic E-state index is 13.1. The fraction of sp³-hybridized carbons (Fsp3) is 0.583. The molecule has 0 saturated carbocycles. The van der Waals surface area contributed by atoms with Crippen molar-refractivity contribution in [2.45, 2.75) is 32.0 Å². The molecule has 3 nitrogen and oxygen atoms in total. The molecule has 0 aliphatic carbocycles. The Morgan fingerprint density at radius 2 is 2.19 bits per heavy atom. The number of halogens is 1. The van der Waals surface area contributed by atoms with Gasteiger partial charge >= 0.3 is 0 Å². The van der Waals surface area contributed by atoms with Crippen molar-refractivity contribution < 1.29 is 4.39 Å². The van der Waals surface area contributed by atoms with Crippen LogP contribution in [0.1, 0.15) is 19.8 Å². The van der Waals surface area contributed by atoms with Gasteiger partial charge in [0.15, 0.2) is 0 Å². The molecule has 0 spiro atoms. The van der Waals surface area contributed by atoms with E-state index < -0.39 is 6.17 Å². The number of nitrogens with two attached hydrogens (primary N) is 2. The molecule has 0 aromatic rings. The van der Waals surface area contributed by atoms with Gasteiger partial charge in [0, 0.05) is 18.2 Å². The normalized spacial score (nSPS) is 17.3. The summed E-state index contributed by atoms with van der Waals surface area (Å²) in [7, 11) is 0. The van der Waals surface area contributed by atoms with E-state index >= 15 is 0 Å². The number of nitriles is 1. The molecule has 0 radical (unpaired) electrons. The SMILES string of the molecule is C=C/C=C(/C#N)C(N)CCC(C)C(F)CN. The van der Waals surface area contributed by atoms with E-state index in [4.69, 9.17) is 16.7 Å². The predicted octanol–water partition coefficient (Wildman–Crippen LogP) is 1.66. The molecule has 3 unspecified atom stereocenters. The summed E-state index contributed by atoms with van der Waals surface area (Å²) in [6.07, 6.45) is 3.32. The molecule has 4 heteroatoms. The number of hydrogen-bond donors (Lipinski definition) is 2. The predicted molar refractivity (Wildman–Crippen MR) is 64.2 cm³/mol. The van der Waals surface area contributed by atoms with Gasteiger partial charge in [-0.1, -0.05) is 19.6 Å². The molecule has 0 bridgehead atoms. The molecule has 0 rings (SSSR count). The minimum Gasteiger partial charge on any atom is -0.328 e. The van der Waals surface area contributed by atoms with E-state index in [1.54, 1.807) is 13.0 Å². The summed E-state index contributed by atoms with van der Waals surface area (Å²) in [6, 6.07) is 1.66. The minimum absolute atomic E-state index is 0.0318. The van der Waals surface area contributed by atoms with E-state index in [-0.39, 0.29) is 18.5 Å². The zero-order valence-corrected chi connectivity index (χ0v) is 9.70. The zero-order chi connectivity index (χ0) is 12.6. The van der Waals surface area contributed by atoms with Gasteiger partial charge in [-0.15, -0.1) is 0 Å². The van der Waals surface area contributed by atoms with Crippen LogP contribution in [0.5, 0.6) is 0 Å². The van der Waals surface area contributed by atoms with Crippen LogP contribution in [0.15, 0.2) is 24.3 Å². The monoisotopic (exact) mass is 225 g/mol. The summed E-state index contributed by atoms with van der Waals surface area (Å²) in [5, 5.41) is 8.81. The Hall–Kier alpha value is -1.18. The number of rotatable bonds is 7. The van der Waals surface area contributed by atoms with Crippen molar-refractivity contribution in [3.05, 3.63) is 24.3 Å². The van der Waals surface area contributed by atoms with Crippen molar-refractivity contribution in [1.29, 1.82) is 5.26 Å². The average Bonchev–Trinajstić information content (AvgIpc) is 2.31. The van der Waals surface area contributed by atoms with E-state index in [2.05, 4.69) is 6.58 Å². The number of alkyl halides is 1. The number of hydrogen-bond acceptors (Lipinski definition) is 3. The fourth-order valence-electron chi connectivity index (χ4n) is 1.38. The molecule has 0 heterocycles. The Balaban J connectivity index is 4.16. The minimum atomic E-state index is -0.999. The van der Waals surface area contributed by atoms with Crippen LogP contribution in [-0.2, 0) is 0 Å². The summed E-state index contributed by atoms with van der Waals surface area (Å²) in [4.78, 5) is 0. The van der Waals surface area contributed by atoms with Crippen molar-refractivity contribution in [2.24, 2.45) is 17.4 Å². The Kier molecular flexibility index (Phi) is 7.44. The van der Waals surface area contributed by atoms with E-state index in [1.165, 1.54) is 6.08 Å². The van der Waals surface area contributed by atoms with E-state index in [1.807, 2.05) is 6.07 Å². The van der Waals surface area contributed by atoms with Crippen LogP contribution in [-0.4, -0.2) is 18.8 Å². The summed E-state index contributed by atoms with van der Waals surface area (Å²) >= 11 is 0. The molecule has 16 heavy (non-hydrogen) atoms. The molecule has 0 aliphatic heterocycles. The van der Waals surface area contributed by atoms with Gasteiger partial charge in [-0.25, -0.2) is 4.39 Å². The Morgan fingerprint density at radius 3 is 2.62 bits per heavy atom. The highest BCUT2D eigenvalue weighted by atomic mass is 19.1. The summed E-state index contributed by atoms with van der Waals surface area (Å²) in [5.41, 5.74) is 11.5. The van der Waals surface area contributed by atoms with Crippen LogP contribution in [0.4, 0.5) is 4.39 Å². The van der Waals surface area contributed by atoms with Gasteiger partial charge in [0.25, 0.3) is 0 Å². The number of nitrogens with zero attached hydrogens (tertiary/aromatic N) is 1. The topological polar surface area (TPSA) is 75.8 Å². The highest BCUT2D eigenvalue weighted by Crippen LogP contribution is 2.16. The van der Waals surface area contributed by atoms with E-state index in [0.29, 0.717) is 18.4 Å². The lowest BCUT2D eigenvalue weighted by Gasteiger charge is -2.17. The van der Waals surface area contributed by atoms with Gasteiger partial charge in [0.2, 0.25) is 0 Å². The summed E-state index contributed by atoms with van der Waals surface area (Å²) < 4.78 is 13.1. The molecule has 0 fully saturated rings. The van der Waals surface area contributed by atoms with Crippen LogP contribution in [0.3, 0.4) is 0 Å². The van der Waals surface area contributed by atoms with Crippen LogP contribution < -0.4 is 11.5 Å². The third kappa shape index (κ3) is 5.06. The number of allylic oxidation sites excluding steroid dienone is 2. The third-order valence-electron chi connectivity index (χ3n) is 2.60. The highest BCUT2D eigenvalue weighted by Gasteiger charge is 2.16. The smallest absolute Gasteiger partial charge is 0.115 e. The first-order valence-electron chi connectivity index (χ1n) is 5.39. The molecule has 0 aliphatic rings. The van der Waals surface area contributed by atoms with Gasteiger partial charge in [-0.05, 0) is 24.8 Å². The largest absolute Gasteiger partial charge is 0.328 e. The first-order valence-corrected chi connectivity index (χ1v) is 5.39. The van der Waals surface area contributed by atoms with Crippen LogP contribution in [0, 0.1) is 17.2 Å². The summed E-state index contributed by atoms with van der Waals surface area (Å²) in [5.74, 6) is -0.125. The lowest BCUT2D eigenvalue weighted by atomic mass is 9.94. The summed E-state index contributed by atoms with van der Waals surface area (Å²) in [6.45, 7) is 5.34. The van der Waals surface area contributed by atoms with Crippen molar-refractivity contribution in [1.82, 2.24) is 0 Å². The fourth-order valence-corrected chi connectivity index (χ4v) is 1.38. The molecular weight excluding hydrogens is 205 g/mol. The Labute approximate surface area is 96.6 Å². The second kappa shape index (κ2) is 8.03. The van der Waals surface area contributed by atoms with Gasteiger partial charge in [-0.2, -0.15) is 5.26 Å². The molecule has 0 aromatic carbocycles. The molecular formula is C12H20FN3. The first kappa shape index (κ1) is 14.8. The maximum Gasteiger partial charge on any atom is 0.115 e. The van der Waals surface area contributed by atoms with Gasteiger partial charge in [-0.3, -0.25) is 0 Å². The quantitative estimate of drug-likeness (QED) is 0.511.